The average Bonchev–Trinajstić information content (AvgIpc) is 3.16. The van der Waals surface area contributed by atoms with Crippen LogP contribution in [0, 0.1) is 5.92 Å². The number of hydrogen-bond donors (Lipinski definition) is 2. The highest BCUT2D eigenvalue weighted by molar-refractivity contribution is 5.93. The Hall–Kier alpha value is -2.96. The lowest BCUT2D eigenvalue weighted by atomic mass is 9.93. The van der Waals surface area contributed by atoms with Crippen LogP contribution in [0.15, 0.2) is 54.7 Å². The Morgan fingerprint density at radius 1 is 1.07 bits per heavy atom. The zero-order chi connectivity index (χ0) is 20.4. The van der Waals surface area contributed by atoms with Crippen molar-refractivity contribution >= 4 is 28.2 Å². The van der Waals surface area contributed by atoms with E-state index in [0.717, 1.165) is 60.3 Å². The molecule has 1 fully saturated rings. The third kappa shape index (κ3) is 4.55. The summed E-state index contributed by atoms with van der Waals surface area (Å²) in [5.74, 6) is 0.268. The summed E-state index contributed by atoms with van der Waals surface area (Å²) in [6.07, 6.45) is -0.326. The molecule has 2 N–H and O–H groups in total. The number of nitrogens with one attached hydrogen (secondary N) is 2. The molecule has 0 aliphatic carbocycles. The molecule has 4 nitrogen and oxygen atoms in total. The summed E-state index contributed by atoms with van der Waals surface area (Å²) in [7, 11) is 0. The van der Waals surface area contributed by atoms with Crippen molar-refractivity contribution in [3.05, 3.63) is 60.3 Å². The molecule has 152 valence electrons. The fourth-order valence-electron chi connectivity index (χ4n) is 3.86. The lowest BCUT2D eigenvalue weighted by molar-refractivity contribution is -0.137. The van der Waals surface area contributed by atoms with Crippen molar-refractivity contribution in [2.75, 3.05) is 23.3 Å². The molecule has 0 saturated carbocycles. The van der Waals surface area contributed by atoms with Crippen LogP contribution in [0.5, 0.6) is 0 Å². The minimum atomic E-state index is -4.31. The zero-order valence-corrected chi connectivity index (χ0v) is 15.8. The molecule has 0 atom stereocenters. The number of nitrogens with zero attached hydrogens (tertiary/aromatic N) is 1. The lowest BCUT2D eigenvalue weighted by Crippen LogP contribution is -2.34. The summed E-state index contributed by atoms with van der Waals surface area (Å²) in [5, 5.41) is 4.01. The number of benzene rings is 2. The van der Waals surface area contributed by atoms with Gasteiger partial charge in [0.1, 0.15) is 0 Å². The van der Waals surface area contributed by atoms with Gasteiger partial charge in [0.2, 0.25) is 5.91 Å². The van der Waals surface area contributed by atoms with Crippen LogP contribution >= 0.6 is 0 Å². The SMILES string of the molecule is O=C(CC1CCN(c2ccc(C(F)(F)F)cc2)CC1)Nc1ccc2[nH]ccc2c1. The van der Waals surface area contributed by atoms with Gasteiger partial charge in [0.05, 0.1) is 5.56 Å². The number of amides is 1. The normalized spacial score (nSPS) is 15.6. The molecule has 7 heteroatoms. The van der Waals surface area contributed by atoms with Crippen LogP contribution < -0.4 is 10.2 Å². The van der Waals surface area contributed by atoms with Gasteiger partial charge in [-0.05, 0) is 67.3 Å². The van der Waals surface area contributed by atoms with E-state index >= 15 is 0 Å². The van der Waals surface area contributed by atoms with E-state index in [1.807, 2.05) is 30.5 Å². The van der Waals surface area contributed by atoms with Gasteiger partial charge in [0.15, 0.2) is 0 Å². The molecule has 0 spiro atoms. The second-order valence-electron chi connectivity index (χ2n) is 7.51. The number of carbonyl (C=O) groups is 1. The Balaban J connectivity index is 1.28. The van der Waals surface area contributed by atoms with Gasteiger partial charge >= 0.3 is 6.18 Å². The Bertz CT molecular complexity index is 986. The van der Waals surface area contributed by atoms with Crippen molar-refractivity contribution in [1.29, 1.82) is 0 Å². The van der Waals surface area contributed by atoms with E-state index in [0.29, 0.717) is 6.42 Å². The minimum absolute atomic E-state index is 0.00661. The van der Waals surface area contributed by atoms with E-state index in [1.165, 1.54) is 12.1 Å². The van der Waals surface area contributed by atoms with Crippen molar-refractivity contribution in [1.82, 2.24) is 4.98 Å². The van der Waals surface area contributed by atoms with E-state index in [9.17, 15) is 18.0 Å². The van der Waals surface area contributed by atoms with Crippen LogP contribution in [0.1, 0.15) is 24.8 Å². The Kier molecular flexibility index (Phi) is 5.22. The van der Waals surface area contributed by atoms with Gasteiger partial charge in [0.25, 0.3) is 0 Å². The molecule has 2 aromatic carbocycles. The zero-order valence-electron chi connectivity index (χ0n) is 15.8. The molecular formula is C22H22F3N3O. The third-order valence-electron chi connectivity index (χ3n) is 5.49. The maximum Gasteiger partial charge on any atom is 0.416 e. The van der Waals surface area contributed by atoms with Crippen LogP contribution in [0.25, 0.3) is 10.9 Å². The number of rotatable bonds is 4. The molecule has 0 unspecified atom stereocenters. The van der Waals surface area contributed by atoms with Gasteiger partial charge in [-0.2, -0.15) is 13.2 Å². The second kappa shape index (κ2) is 7.81. The lowest BCUT2D eigenvalue weighted by Gasteiger charge is -2.33. The first-order valence-electron chi connectivity index (χ1n) is 9.68. The molecular weight excluding hydrogens is 379 g/mol. The average molecular weight is 401 g/mol. The monoisotopic (exact) mass is 401 g/mol. The van der Waals surface area contributed by atoms with E-state index in [4.69, 9.17) is 0 Å². The highest BCUT2D eigenvalue weighted by Crippen LogP contribution is 2.32. The van der Waals surface area contributed by atoms with Gasteiger partial charge in [-0.1, -0.05) is 0 Å². The fourth-order valence-corrected chi connectivity index (χ4v) is 3.86. The number of halogens is 3. The van der Waals surface area contributed by atoms with Crippen LogP contribution in [0.3, 0.4) is 0 Å². The van der Waals surface area contributed by atoms with Gasteiger partial charge in [-0.25, -0.2) is 0 Å². The highest BCUT2D eigenvalue weighted by Gasteiger charge is 2.30. The third-order valence-corrected chi connectivity index (χ3v) is 5.49. The number of anilines is 2. The van der Waals surface area contributed by atoms with Gasteiger partial charge in [0, 0.05) is 48.0 Å². The molecule has 1 aliphatic rings. The van der Waals surface area contributed by atoms with Crippen molar-refractivity contribution in [3.63, 3.8) is 0 Å². The molecule has 0 radical (unpaired) electrons. The molecule has 0 bridgehead atoms. The Labute approximate surface area is 166 Å². The van der Waals surface area contributed by atoms with E-state index in [-0.39, 0.29) is 11.8 Å². The standard InChI is InChI=1S/C22H22F3N3O/c23-22(24,25)17-1-4-19(5-2-17)28-11-8-15(9-12-28)13-21(29)27-18-3-6-20-16(14-18)7-10-26-20/h1-7,10,14-15,26H,8-9,11-13H2,(H,27,29). The maximum absolute atomic E-state index is 12.7. The summed E-state index contributed by atoms with van der Waals surface area (Å²) < 4.78 is 38.1. The first-order valence-corrected chi connectivity index (χ1v) is 9.68. The van der Waals surface area contributed by atoms with E-state index in [2.05, 4.69) is 15.2 Å². The fraction of sp³-hybridized carbons (Fsp3) is 0.318. The number of hydrogen-bond acceptors (Lipinski definition) is 2. The van der Waals surface area contributed by atoms with Crippen molar-refractivity contribution in [2.45, 2.75) is 25.4 Å². The molecule has 1 aliphatic heterocycles. The van der Waals surface area contributed by atoms with Gasteiger partial charge in [-0.3, -0.25) is 4.79 Å². The number of aromatic amines is 1. The van der Waals surface area contributed by atoms with Crippen molar-refractivity contribution < 1.29 is 18.0 Å². The molecule has 1 aromatic heterocycles. The maximum atomic E-state index is 12.7. The molecule has 3 aromatic rings. The Morgan fingerprint density at radius 3 is 2.48 bits per heavy atom. The van der Waals surface area contributed by atoms with Crippen molar-refractivity contribution in [3.8, 4) is 0 Å². The quantitative estimate of drug-likeness (QED) is 0.612. The number of piperidine rings is 1. The number of H-pyrrole nitrogens is 1. The van der Waals surface area contributed by atoms with E-state index < -0.39 is 11.7 Å². The van der Waals surface area contributed by atoms with Crippen LogP contribution in [0.2, 0.25) is 0 Å². The summed E-state index contributed by atoms with van der Waals surface area (Å²) in [4.78, 5) is 17.6. The van der Waals surface area contributed by atoms with Crippen molar-refractivity contribution in [2.24, 2.45) is 5.92 Å². The molecule has 1 saturated heterocycles. The van der Waals surface area contributed by atoms with Gasteiger partial charge < -0.3 is 15.2 Å². The topological polar surface area (TPSA) is 48.1 Å². The summed E-state index contributed by atoms with van der Waals surface area (Å²) in [5.41, 5.74) is 1.97. The number of alkyl halides is 3. The smallest absolute Gasteiger partial charge is 0.372 e. The molecule has 1 amide bonds. The van der Waals surface area contributed by atoms with Crippen LogP contribution in [0.4, 0.5) is 24.5 Å². The molecule has 29 heavy (non-hydrogen) atoms. The second-order valence-corrected chi connectivity index (χ2v) is 7.51. The predicted molar refractivity (Wildman–Crippen MR) is 108 cm³/mol. The summed E-state index contributed by atoms with van der Waals surface area (Å²) >= 11 is 0. The Morgan fingerprint density at radius 2 is 1.79 bits per heavy atom. The molecule has 4 rings (SSSR count). The molecule has 2 heterocycles. The van der Waals surface area contributed by atoms with E-state index in [1.54, 1.807) is 0 Å². The number of aromatic nitrogens is 1. The number of fused-ring (bicyclic) bond motifs is 1. The van der Waals surface area contributed by atoms with Crippen LogP contribution in [-0.4, -0.2) is 24.0 Å². The first kappa shape index (κ1) is 19.4. The van der Waals surface area contributed by atoms with Crippen LogP contribution in [-0.2, 0) is 11.0 Å². The highest BCUT2D eigenvalue weighted by atomic mass is 19.4. The minimum Gasteiger partial charge on any atom is -0.372 e. The first-order chi connectivity index (χ1) is 13.9. The summed E-state index contributed by atoms with van der Waals surface area (Å²) in [6, 6.07) is 13.0. The van der Waals surface area contributed by atoms with Gasteiger partial charge in [-0.15, -0.1) is 0 Å². The summed E-state index contributed by atoms with van der Waals surface area (Å²) in [6.45, 7) is 1.47. The largest absolute Gasteiger partial charge is 0.416 e. The predicted octanol–water partition coefficient (Wildman–Crippen LogP) is 5.43. The number of carbonyl (C=O) groups excluding carboxylic acids is 1.